The topological polar surface area (TPSA) is 29.9 Å². The molecule has 0 amide bonds. The Bertz CT molecular complexity index is 604. The predicted octanol–water partition coefficient (Wildman–Crippen LogP) is 3.45. The number of likely N-dealkylation sites (N-methyl/N-ethyl adjacent to an activating group) is 1. The van der Waals surface area contributed by atoms with E-state index in [0.29, 0.717) is 6.04 Å². The SMILES string of the molecule is CCNC(Cc1cccc(Cl)c1)Cc1c(C)nn(C)c1C. The zero-order chi connectivity index (χ0) is 15.4. The maximum absolute atomic E-state index is 6.09. The van der Waals surface area contributed by atoms with Crippen molar-refractivity contribution < 1.29 is 0 Å². The van der Waals surface area contributed by atoms with Crippen LogP contribution in [0.3, 0.4) is 0 Å². The first-order valence-electron chi connectivity index (χ1n) is 7.48. The van der Waals surface area contributed by atoms with Crippen LogP contribution in [0.25, 0.3) is 0 Å². The van der Waals surface area contributed by atoms with E-state index in [1.807, 2.05) is 23.9 Å². The highest BCUT2D eigenvalue weighted by Crippen LogP contribution is 2.18. The quantitative estimate of drug-likeness (QED) is 0.886. The molecule has 0 saturated carbocycles. The summed E-state index contributed by atoms with van der Waals surface area (Å²) in [5, 5.41) is 8.90. The van der Waals surface area contributed by atoms with Gasteiger partial charge in [0.25, 0.3) is 0 Å². The maximum Gasteiger partial charge on any atom is 0.0628 e. The Labute approximate surface area is 132 Å². The monoisotopic (exact) mass is 305 g/mol. The third-order valence-corrected chi connectivity index (χ3v) is 4.21. The van der Waals surface area contributed by atoms with E-state index < -0.39 is 0 Å². The molecule has 3 nitrogen and oxygen atoms in total. The van der Waals surface area contributed by atoms with Gasteiger partial charge in [-0.05, 0) is 56.5 Å². The Kier molecular flexibility index (Phi) is 5.43. The van der Waals surface area contributed by atoms with Crippen LogP contribution in [0.5, 0.6) is 0 Å². The lowest BCUT2D eigenvalue weighted by molar-refractivity contribution is 0.519. The van der Waals surface area contributed by atoms with Crippen LogP contribution in [0.2, 0.25) is 5.02 Å². The zero-order valence-electron chi connectivity index (χ0n) is 13.3. The normalized spacial score (nSPS) is 12.6. The van der Waals surface area contributed by atoms with Gasteiger partial charge in [-0.2, -0.15) is 5.10 Å². The molecule has 0 bridgehead atoms. The van der Waals surface area contributed by atoms with Gasteiger partial charge in [0.2, 0.25) is 0 Å². The van der Waals surface area contributed by atoms with Crippen molar-refractivity contribution in [1.82, 2.24) is 15.1 Å². The molecular weight excluding hydrogens is 282 g/mol. The highest BCUT2D eigenvalue weighted by Gasteiger charge is 2.16. The van der Waals surface area contributed by atoms with Crippen LogP contribution in [0.4, 0.5) is 0 Å². The van der Waals surface area contributed by atoms with Crippen molar-refractivity contribution >= 4 is 11.6 Å². The average molecular weight is 306 g/mol. The van der Waals surface area contributed by atoms with E-state index in [1.54, 1.807) is 0 Å². The van der Waals surface area contributed by atoms with E-state index in [9.17, 15) is 0 Å². The van der Waals surface area contributed by atoms with Gasteiger partial charge in [0.15, 0.2) is 0 Å². The van der Waals surface area contributed by atoms with Crippen molar-refractivity contribution in [3.05, 3.63) is 51.8 Å². The highest BCUT2D eigenvalue weighted by molar-refractivity contribution is 6.30. The lowest BCUT2D eigenvalue weighted by atomic mass is 9.98. The summed E-state index contributed by atoms with van der Waals surface area (Å²) >= 11 is 6.09. The number of nitrogens with one attached hydrogen (secondary N) is 1. The van der Waals surface area contributed by atoms with Crippen molar-refractivity contribution in [3.63, 3.8) is 0 Å². The van der Waals surface area contributed by atoms with Gasteiger partial charge in [-0.1, -0.05) is 30.7 Å². The Balaban J connectivity index is 2.15. The third kappa shape index (κ3) is 4.08. The fraction of sp³-hybridized carbons (Fsp3) is 0.471. The van der Waals surface area contributed by atoms with Gasteiger partial charge in [-0.25, -0.2) is 0 Å². The van der Waals surface area contributed by atoms with Gasteiger partial charge >= 0.3 is 0 Å². The maximum atomic E-state index is 6.09. The highest BCUT2D eigenvalue weighted by atomic mass is 35.5. The zero-order valence-corrected chi connectivity index (χ0v) is 14.0. The molecule has 1 unspecified atom stereocenters. The van der Waals surface area contributed by atoms with E-state index in [2.05, 4.69) is 43.3 Å². The van der Waals surface area contributed by atoms with Crippen LogP contribution in [-0.4, -0.2) is 22.4 Å². The number of benzene rings is 1. The Morgan fingerprint density at radius 2 is 2.05 bits per heavy atom. The molecule has 1 atom stereocenters. The molecule has 0 saturated heterocycles. The summed E-state index contributed by atoms with van der Waals surface area (Å²) in [5.74, 6) is 0. The molecule has 0 aliphatic rings. The van der Waals surface area contributed by atoms with Gasteiger partial charge < -0.3 is 5.32 Å². The average Bonchev–Trinajstić information content (AvgIpc) is 2.66. The molecule has 0 spiro atoms. The lowest BCUT2D eigenvalue weighted by Crippen LogP contribution is -2.33. The van der Waals surface area contributed by atoms with E-state index in [0.717, 1.165) is 30.1 Å². The molecule has 0 aliphatic carbocycles. The first kappa shape index (κ1) is 16.1. The number of rotatable bonds is 6. The molecule has 1 N–H and O–H groups in total. The number of hydrogen-bond donors (Lipinski definition) is 1. The van der Waals surface area contributed by atoms with Crippen LogP contribution in [0.15, 0.2) is 24.3 Å². The molecule has 0 fully saturated rings. The van der Waals surface area contributed by atoms with Gasteiger partial charge in [0, 0.05) is 23.8 Å². The van der Waals surface area contributed by atoms with Gasteiger partial charge in [-0.15, -0.1) is 0 Å². The van der Waals surface area contributed by atoms with E-state index in [4.69, 9.17) is 11.6 Å². The summed E-state index contributed by atoms with van der Waals surface area (Å²) in [6, 6.07) is 8.52. The number of aromatic nitrogens is 2. The molecular formula is C17H24ClN3. The Morgan fingerprint density at radius 3 is 2.62 bits per heavy atom. The molecule has 1 aromatic heterocycles. The minimum atomic E-state index is 0.398. The van der Waals surface area contributed by atoms with Gasteiger partial charge in [0.05, 0.1) is 5.69 Å². The number of halogens is 1. The molecule has 2 aromatic rings. The minimum absolute atomic E-state index is 0.398. The molecule has 21 heavy (non-hydrogen) atoms. The van der Waals surface area contributed by atoms with Crippen molar-refractivity contribution in [2.45, 2.75) is 39.7 Å². The van der Waals surface area contributed by atoms with Crippen molar-refractivity contribution in [1.29, 1.82) is 0 Å². The van der Waals surface area contributed by atoms with Crippen LogP contribution in [0, 0.1) is 13.8 Å². The summed E-state index contributed by atoms with van der Waals surface area (Å²) in [4.78, 5) is 0. The number of hydrogen-bond acceptors (Lipinski definition) is 2. The number of nitrogens with zero attached hydrogens (tertiary/aromatic N) is 2. The van der Waals surface area contributed by atoms with Crippen molar-refractivity contribution in [3.8, 4) is 0 Å². The molecule has 4 heteroatoms. The summed E-state index contributed by atoms with van der Waals surface area (Å²) in [7, 11) is 2.01. The Morgan fingerprint density at radius 1 is 1.29 bits per heavy atom. The first-order valence-corrected chi connectivity index (χ1v) is 7.86. The third-order valence-electron chi connectivity index (χ3n) is 3.97. The van der Waals surface area contributed by atoms with E-state index in [-0.39, 0.29) is 0 Å². The first-order chi connectivity index (χ1) is 10.0. The standard InChI is InChI=1S/C17H24ClN3/c1-5-19-16(10-14-7-6-8-15(18)9-14)11-17-12(2)20-21(4)13(17)3/h6-9,16,19H,5,10-11H2,1-4H3. The second-order valence-corrected chi connectivity index (χ2v) is 6.00. The van der Waals surface area contributed by atoms with E-state index in [1.165, 1.54) is 16.8 Å². The largest absolute Gasteiger partial charge is 0.314 e. The van der Waals surface area contributed by atoms with Crippen molar-refractivity contribution in [2.75, 3.05) is 6.54 Å². The number of aryl methyl sites for hydroxylation is 2. The minimum Gasteiger partial charge on any atom is -0.314 e. The summed E-state index contributed by atoms with van der Waals surface area (Å²) < 4.78 is 1.97. The molecule has 0 radical (unpaired) electrons. The Hall–Kier alpha value is -1.32. The van der Waals surface area contributed by atoms with Gasteiger partial charge in [0.1, 0.15) is 0 Å². The fourth-order valence-electron chi connectivity index (χ4n) is 2.81. The molecule has 1 aromatic carbocycles. The summed E-state index contributed by atoms with van der Waals surface area (Å²) in [5.41, 5.74) is 5.00. The predicted molar refractivity (Wildman–Crippen MR) is 89.0 cm³/mol. The molecule has 0 aliphatic heterocycles. The molecule has 1 heterocycles. The summed E-state index contributed by atoms with van der Waals surface area (Å²) in [6.07, 6.45) is 1.97. The lowest BCUT2D eigenvalue weighted by Gasteiger charge is -2.18. The summed E-state index contributed by atoms with van der Waals surface area (Å²) in [6.45, 7) is 7.33. The van der Waals surface area contributed by atoms with Crippen LogP contribution in [-0.2, 0) is 19.9 Å². The smallest absolute Gasteiger partial charge is 0.0628 e. The van der Waals surface area contributed by atoms with E-state index >= 15 is 0 Å². The second-order valence-electron chi connectivity index (χ2n) is 5.57. The molecule has 2 rings (SSSR count). The fourth-order valence-corrected chi connectivity index (χ4v) is 3.03. The van der Waals surface area contributed by atoms with Crippen LogP contribution < -0.4 is 5.32 Å². The van der Waals surface area contributed by atoms with Crippen molar-refractivity contribution in [2.24, 2.45) is 7.05 Å². The molecule has 114 valence electrons. The van der Waals surface area contributed by atoms with Crippen LogP contribution >= 0.6 is 11.6 Å². The van der Waals surface area contributed by atoms with Gasteiger partial charge in [-0.3, -0.25) is 4.68 Å². The second kappa shape index (κ2) is 7.10. The van der Waals surface area contributed by atoms with Crippen LogP contribution in [0.1, 0.15) is 29.4 Å².